The summed E-state index contributed by atoms with van der Waals surface area (Å²) < 4.78 is 0. The predicted octanol–water partition coefficient (Wildman–Crippen LogP) is 1.90. The average molecular weight is 272 g/mol. The van der Waals surface area contributed by atoms with Crippen LogP contribution in [0, 0.1) is 5.41 Å². The molecule has 0 aliphatic rings. The number of aliphatic carboxylic acids is 1. The third-order valence-electron chi connectivity index (χ3n) is 3.25. The van der Waals surface area contributed by atoms with E-state index in [-0.39, 0.29) is 23.8 Å². The molecule has 1 unspecified atom stereocenters. The van der Waals surface area contributed by atoms with E-state index in [0.29, 0.717) is 19.4 Å². The largest absolute Gasteiger partial charge is 0.481 e. The number of carbonyl (C=O) groups excluding carboxylic acids is 1. The van der Waals surface area contributed by atoms with Gasteiger partial charge in [0.15, 0.2) is 0 Å². The number of nitrogens with one attached hydrogen (secondary N) is 1. The molecule has 0 spiro atoms. The van der Waals surface area contributed by atoms with Gasteiger partial charge in [-0.1, -0.05) is 27.2 Å². The van der Waals surface area contributed by atoms with E-state index < -0.39 is 5.97 Å². The molecule has 0 radical (unpaired) electrons. The van der Waals surface area contributed by atoms with Crippen molar-refractivity contribution in [3.8, 4) is 0 Å². The average Bonchev–Trinajstić information content (AvgIpc) is 2.26. The van der Waals surface area contributed by atoms with Crippen molar-refractivity contribution in [2.24, 2.45) is 11.1 Å². The van der Waals surface area contributed by atoms with E-state index in [1.54, 1.807) is 0 Å². The Hall–Kier alpha value is -1.10. The molecule has 0 aliphatic carbocycles. The molecular weight excluding hydrogens is 244 g/mol. The summed E-state index contributed by atoms with van der Waals surface area (Å²) in [5, 5.41) is 11.5. The minimum atomic E-state index is -0.775. The Morgan fingerprint density at radius 3 is 2.47 bits per heavy atom. The van der Waals surface area contributed by atoms with Crippen molar-refractivity contribution in [3.63, 3.8) is 0 Å². The fraction of sp³-hybridized carbons (Fsp3) is 0.857. The fourth-order valence-corrected chi connectivity index (χ4v) is 1.89. The van der Waals surface area contributed by atoms with E-state index in [1.165, 1.54) is 0 Å². The van der Waals surface area contributed by atoms with Gasteiger partial charge in [-0.2, -0.15) is 0 Å². The topological polar surface area (TPSA) is 92.4 Å². The van der Waals surface area contributed by atoms with Gasteiger partial charge in [-0.3, -0.25) is 9.59 Å². The van der Waals surface area contributed by atoms with Gasteiger partial charge in [0, 0.05) is 25.4 Å². The van der Waals surface area contributed by atoms with Crippen LogP contribution in [0.1, 0.15) is 59.3 Å². The van der Waals surface area contributed by atoms with E-state index in [0.717, 1.165) is 19.3 Å². The maximum Gasteiger partial charge on any atom is 0.303 e. The molecule has 19 heavy (non-hydrogen) atoms. The molecule has 5 nitrogen and oxygen atoms in total. The van der Waals surface area contributed by atoms with E-state index in [4.69, 9.17) is 10.8 Å². The van der Waals surface area contributed by atoms with Crippen molar-refractivity contribution in [2.75, 3.05) is 6.54 Å². The van der Waals surface area contributed by atoms with Crippen molar-refractivity contribution in [2.45, 2.75) is 65.3 Å². The van der Waals surface area contributed by atoms with E-state index in [2.05, 4.69) is 5.32 Å². The summed E-state index contributed by atoms with van der Waals surface area (Å²) in [5.74, 6) is -0.794. The molecule has 0 heterocycles. The van der Waals surface area contributed by atoms with Gasteiger partial charge in [0.2, 0.25) is 5.91 Å². The fourth-order valence-electron chi connectivity index (χ4n) is 1.89. The van der Waals surface area contributed by atoms with Gasteiger partial charge in [0.25, 0.3) is 0 Å². The van der Waals surface area contributed by atoms with Crippen LogP contribution in [-0.4, -0.2) is 29.6 Å². The highest BCUT2D eigenvalue weighted by Crippen LogP contribution is 2.25. The van der Waals surface area contributed by atoms with Crippen LogP contribution in [0.25, 0.3) is 0 Å². The van der Waals surface area contributed by atoms with Crippen LogP contribution in [0.5, 0.6) is 0 Å². The van der Waals surface area contributed by atoms with Crippen LogP contribution in [0.2, 0.25) is 0 Å². The second-order valence-corrected chi connectivity index (χ2v) is 5.91. The summed E-state index contributed by atoms with van der Waals surface area (Å²) in [4.78, 5) is 22.1. The standard InChI is InChI=1S/C14H28N2O3/c1-4-5-11(15)10-12(17)16-9-8-14(2,3)7-6-13(18)19/h11H,4-10,15H2,1-3H3,(H,16,17)(H,18,19). The molecule has 0 saturated heterocycles. The lowest BCUT2D eigenvalue weighted by molar-refractivity contribution is -0.137. The van der Waals surface area contributed by atoms with Gasteiger partial charge >= 0.3 is 5.97 Å². The minimum absolute atomic E-state index is 0.0185. The lowest BCUT2D eigenvalue weighted by Crippen LogP contribution is -2.33. The molecule has 0 bridgehead atoms. The van der Waals surface area contributed by atoms with Gasteiger partial charge in [-0.25, -0.2) is 0 Å². The molecule has 0 rings (SSSR count). The molecule has 0 saturated carbocycles. The van der Waals surface area contributed by atoms with Crippen molar-refractivity contribution in [1.82, 2.24) is 5.32 Å². The number of rotatable bonds is 10. The Labute approximate surface area is 115 Å². The Morgan fingerprint density at radius 2 is 1.95 bits per heavy atom. The quantitative estimate of drug-likeness (QED) is 0.566. The predicted molar refractivity (Wildman–Crippen MR) is 75.8 cm³/mol. The number of hydrogen-bond donors (Lipinski definition) is 3. The molecule has 4 N–H and O–H groups in total. The molecule has 0 aliphatic heterocycles. The van der Waals surface area contributed by atoms with Crippen molar-refractivity contribution in [1.29, 1.82) is 0 Å². The highest BCUT2D eigenvalue weighted by molar-refractivity contribution is 5.76. The zero-order chi connectivity index (χ0) is 14.9. The molecule has 5 heteroatoms. The van der Waals surface area contributed by atoms with E-state index in [9.17, 15) is 9.59 Å². The Kier molecular flexibility index (Phi) is 8.39. The van der Waals surface area contributed by atoms with Crippen LogP contribution in [0.4, 0.5) is 0 Å². The van der Waals surface area contributed by atoms with Crippen LogP contribution >= 0.6 is 0 Å². The summed E-state index contributed by atoms with van der Waals surface area (Å²) in [5.41, 5.74) is 5.73. The normalized spacial score (nSPS) is 13.1. The zero-order valence-corrected chi connectivity index (χ0v) is 12.4. The van der Waals surface area contributed by atoms with Gasteiger partial charge in [-0.15, -0.1) is 0 Å². The van der Waals surface area contributed by atoms with Gasteiger partial charge in [0.05, 0.1) is 0 Å². The second-order valence-electron chi connectivity index (χ2n) is 5.91. The summed E-state index contributed by atoms with van der Waals surface area (Å²) in [6, 6.07) is -0.0648. The van der Waals surface area contributed by atoms with Crippen molar-refractivity contribution in [3.05, 3.63) is 0 Å². The molecular formula is C14H28N2O3. The maximum absolute atomic E-state index is 11.6. The third-order valence-corrected chi connectivity index (χ3v) is 3.25. The number of carbonyl (C=O) groups is 2. The van der Waals surface area contributed by atoms with Crippen molar-refractivity contribution >= 4 is 11.9 Å². The van der Waals surface area contributed by atoms with Crippen LogP contribution in [0.15, 0.2) is 0 Å². The first kappa shape index (κ1) is 17.9. The SMILES string of the molecule is CCCC(N)CC(=O)NCCC(C)(C)CCC(=O)O. The molecule has 0 fully saturated rings. The van der Waals surface area contributed by atoms with Crippen molar-refractivity contribution < 1.29 is 14.7 Å². The first-order valence-corrected chi connectivity index (χ1v) is 7.01. The summed E-state index contributed by atoms with van der Waals surface area (Å²) in [6.07, 6.45) is 3.77. The molecule has 1 atom stereocenters. The minimum Gasteiger partial charge on any atom is -0.481 e. The van der Waals surface area contributed by atoms with E-state index in [1.807, 2.05) is 20.8 Å². The number of carboxylic acids is 1. The van der Waals surface area contributed by atoms with Gasteiger partial charge in [0.1, 0.15) is 0 Å². The summed E-state index contributed by atoms with van der Waals surface area (Å²) in [7, 11) is 0. The molecule has 0 aromatic carbocycles. The number of carboxylic acid groups (broad SMARTS) is 1. The molecule has 0 aromatic heterocycles. The van der Waals surface area contributed by atoms with Gasteiger partial charge < -0.3 is 16.2 Å². The third kappa shape index (κ3) is 10.5. The van der Waals surface area contributed by atoms with E-state index >= 15 is 0 Å². The Balaban J connectivity index is 3.82. The first-order chi connectivity index (χ1) is 8.76. The van der Waals surface area contributed by atoms with Crippen LogP contribution in [-0.2, 0) is 9.59 Å². The molecule has 0 aromatic rings. The summed E-state index contributed by atoms with van der Waals surface area (Å²) >= 11 is 0. The molecule has 1 amide bonds. The summed E-state index contributed by atoms with van der Waals surface area (Å²) in [6.45, 7) is 6.66. The van der Waals surface area contributed by atoms with Crippen LogP contribution < -0.4 is 11.1 Å². The first-order valence-electron chi connectivity index (χ1n) is 7.01. The lowest BCUT2D eigenvalue weighted by Gasteiger charge is -2.24. The van der Waals surface area contributed by atoms with Crippen LogP contribution in [0.3, 0.4) is 0 Å². The maximum atomic E-state index is 11.6. The highest BCUT2D eigenvalue weighted by Gasteiger charge is 2.19. The lowest BCUT2D eigenvalue weighted by atomic mass is 9.84. The highest BCUT2D eigenvalue weighted by atomic mass is 16.4. The van der Waals surface area contributed by atoms with Gasteiger partial charge in [-0.05, 0) is 24.7 Å². The number of amides is 1. The Morgan fingerprint density at radius 1 is 1.32 bits per heavy atom. The monoisotopic (exact) mass is 272 g/mol. The second kappa shape index (κ2) is 8.91. The Bertz CT molecular complexity index is 290. The molecule has 112 valence electrons. The number of nitrogens with two attached hydrogens (primary N) is 1. The number of hydrogen-bond acceptors (Lipinski definition) is 3. The zero-order valence-electron chi connectivity index (χ0n) is 12.4. The smallest absolute Gasteiger partial charge is 0.303 e.